The lowest BCUT2D eigenvalue weighted by atomic mass is 10.0. The van der Waals surface area contributed by atoms with Gasteiger partial charge in [-0.2, -0.15) is 0 Å². The number of quaternary nitrogens is 1. The second-order valence-electron chi connectivity index (χ2n) is 18.3. The van der Waals surface area contributed by atoms with Gasteiger partial charge in [-0.25, -0.2) is 0 Å². The fourth-order valence-corrected chi connectivity index (χ4v) is 7.16. The number of allylic oxidation sites excluding steroid dienone is 18. The van der Waals surface area contributed by atoms with E-state index >= 15 is 0 Å². The highest BCUT2D eigenvalue weighted by atomic mass is 16.6. The van der Waals surface area contributed by atoms with Crippen molar-refractivity contribution in [2.75, 3.05) is 41.0 Å². The number of carboxylic acids is 1. The molecule has 0 aromatic carbocycles. The monoisotopic (exact) mass is 932 g/mol. The quantitative estimate of drug-likeness (QED) is 0.0259. The molecule has 0 fully saturated rings. The Morgan fingerprint density at radius 2 is 0.806 bits per heavy atom. The van der Waals surface area contributed by atoms with Gasteiger partial charge in [-0.3, -0.25) is 9.59 Å². The van der Waals surface area contributed by atoms with Crippen molar-refractivity contribution in [3.63, 3.8) is 0 Å². The van der Waals surface area contributed by atoms with Crippen molar-refractivity contribution in [2.45, 2.75) is 206 Å². The van der Waals surface area contributed by atoms with Crippen molar-refractivity contribution >= 4 is 17.9 Å². The molecule has 2 atom stereocenters. The highest BCUT2D eigenvalue weighted by Gasteiger charge is 2.25. The van der Waals surface area contributed by atoms with Gasteiger partial charge in [0, 0.05) is 19.3 Å². The topological polar surface area (TPSA) is 102 Å². The van der Waals surface area contributed by atoms with Crippen LogP contribution in [-0.4, -0.2) is 75.5 Å². The van der Waals surface area contributed by atoms with Gasteiger partial charge < -0.3 is 28.6 Å². The highest BCUT2D eigenvalue weighted by molar-refractivity contribution is 5.70. The van der Waals surface area contributed by atoms with E-state index in [4.69, 9.17) is 14.2 Å². The number of esters is 2. The van der Waals surface area contributed by atoms with Crippen LogP contribution in [0.1, 0.15) is 194 Å². The molecule has 0 heterocycles. The molecular weight excluding hydrogens is 835 g/mol. The Kier molecular flexibility index (Phi) is 45.5. The molecule has 0 aromatic heterocycles. The summed E-state index contributed by atoms with van der Waals surface area (Å²) in [5.41, 5.74) is 0. The predicted octanol–water partition coefficient (Wildman–Crippen LogP) is 14.3. The van der Waals surface area contributed by atoms with Crippen LogP contribution in [-0.2, 0) is 28.6 Å². The first-order valence-corrected chi connectivity index (χ1v) is 26.4. The number of unbranched alkanes of at least 4 members (excludes halogenated alkanes) is 14. The van der Waals surface area contributed by atoms with E-state index in [1.54, 1.807) is 21.1 Å². The Bertz CT molecular complexity index is 1460. The smallest absolute Gasteiger partial charge is 0.306 e. The summed E-state index contributed by atoms with van der Waals surface area (Å²) in [6.07, 6.45) is 67.0. The lowest BCUT2D eigenvalue weighted by Gasteiger charge is -2.34. The molecule has 0 aliphatic heterocycles. The SMILES string of the molecule is CC/C=C/C/C=C/C/C=C/C/C=C/C/C=C/C/C=C/CCCC(=O)OCC(COCCC(C(=O)[O-])[N+](C)(C)C)OC(=O)CCCCCCCCCCCCCCC/C=C/C/C=C/C/C=C/CC. The number of carbonyl (C=O) groups is 3. The molecule has 0 bridgehead atoms. The summed E-state index contributed by atoms with van der Waals surface area (Å²) in [6, 6.07) is -0.741. The Hall–Kier alpha value is -4.01. The number of nitrogens with zero attached hydrogens (tertiary/aromatic N) is 1. The summed E-state index contributed by atoms with van der Waals surface area (Å²) >= 11 is 0. The predicted molar refractivity (Wildman–Crippen MR) is 281 cm³/mol. The summed E-state index contributed by atoms with van der Waals surface area (Å²) in [5.74, 6) is -1.82. The molecule has 0 saturated carbocycles. The first-order valence-electron chi connectivity index (χ1n) is 26.4. The minimum Gasteiger partial charge on any atom is -0.544 e. The summed E-state index contributed by atoms with van der Waals surface area (Å²) in [6.45, 7) is 4.38. The summed E-state index contributed by atoms with van der Waals surface area (Å²) in [4.78, 5) is 37.1. The number of carboxylic acid groups (broad SMARTS) is 1. The molecule has 380 valence electrons. The molecule has 0 amide bonds. The van der Waals surface area contributed by atoms with Crippen LogP contribution in [0.15, 0.2) is 109 Å². The van der Waals surface area contributed by atoms with Crippen LogP contribution in [0.4, 0.5) is 0 Å². The Morgan fingerprint density at radius 1 is 0.448 bits per heavy atom. The number of rotatable bonds is 46. The summed E-state index contributed by atoms with van der Waals surface area (Å²) in [5, 5.41) is 11.7. The van der Waals surface area contributed by atoms with E-state index in [-0.39, 0.29) is 49.1 Å². The molecule has 0 rings (SSSR count). The molecule has 0 aromatic rings. The van der Waals surface area contributed by atoms with Crippen LogP contribution in [0.5, 0.6) is 0 Å². The minimum atomic E-state index is -1.14. The number of carbonyl (C=O) groups excluding carboxylic acids is 3. The molecule has 8 nitrogen and oxygen atoms in total. The second-order valence-corrected chi connectivity index (χ2v) is 18.3. The fourth-order valence-electron chi connectivity index (χ4n) is 7.16. The van der Waals surface area contributed by atoms with E-state index < -0.39 is 18.1 Å². The van der Waals surface area contributed by atoms with Gasteiger partial charge in [-0.15, -0.1) is 0 Å². The van der Waals surface area contributed by atoms with Gasteiger partial charge in [-0.1, -0.05) is 194 Å². The summed E-state index contributed by atoms with van der Waals surface area (Å²) in [7, 11) is 5.39. The van der Waals surface area contributed by atoms with Crippen LogP contribution >= 0.6 is 0 Å². The molecule has 8 heteroatoms. The maximum absolute atomic E-state index is 12.8. The third-order valence-corrected chi connectivity index (χ3v) is 11.2. The number of likely N-dealkylation sites (N-methyl/N-ethyl adjacent to an activating group) is 1. The zero-order chi connectivity index (χ0) is 49.2. The molecule has 0 saturated heterocycles. The first-order chi connectivity index (χ1) is 32.6. The fraction of sp³-hybridized carbons (Fsp3) is 0.644. The average Bonchev–Trinajstić information content (AvgIpc) is 3.29. The number of hydrogen-bond acceptors (Lipinski definition) is 7. The third-order valence-electron chi connectivity index (χ3n) is 11.2. The van der Waals surface area contributed by atoms with E-state index in [1.807, 2.05) is 0 Å². The van der Waals surface area contributed by atoms with Crippen molar-refractivity contribution in [1.82, 2.24) is 0 Å². The van der Waals surface area contributed by atoms with Gasteiger partial charge in [0.2, 0.25) is 0 Å². The second kappa shape index (κ2) is 48.4. The van der Waals surface area contributed by atoms with Crippen LogP contribution in [0.25, 0.3) is 0 Å². The lowest BCUT2D eigenvalue weighted by molar-refractivity contribution is -0.889. The highest BCUT2D eigenvalue weighted by Crippen LogP contribution is 2.15. The van der Waals surface area contributed by atoms with Gasteiger partial charge in [0.1, 0.15) is 12.6 Å². The maximum atomic E-state index is 12.8. The molecule has 2 unspecified atom stereocenters. The van der Waals surface area contributed by atoms with Crippen LogP contribution in [0.3, 0.4) is 0 Å². The normalized spacial score (nSPS) is 13.7. The van der Waals surface area contributed by atoms with E-state index in [0.29, 0.717) is 12.8 Å². The molecule has 0 aliphatic carbocycles. The van der Waals surface area contributed by atoms with Crippen LogP contribution < -0.4 is 5.11 Å². The number of aliphatic carboxylic acids is 1. The van der Waals surface area contributed by atoms with Gasteiger partial charge >= 0.3 is 11.9 Å². The molecule has 0 radical (unpaired) electrons. The van der Waals surface area contributed by atoms with Gasteiger partial charge in [0.25, 0.3) is 0 Å². The van der Waals surface area contributed by atoms with Crippen LogP contribution in [0, 0.1) is 0 Å². The molecule has 0 spiro atoms. The Labute approximate surface area is 410 Å². The maximum Gasteiger partial charge on any atom is 0.306 e. The van der Waals surface area contributed by atoms with Crippen LogP contribution in [0.2, 0.25) is 0 Å². The van der Waals surface area contributed by atoms with Crippen molar-refractivity contribution in [3.05, 3.63) is 109 Å². The molecule has 67 heavy (non-hydrogen) atoms. The zero-order valence-corrected chi connectivity index (χ0v) is 43.3. The lowest BCUT2D eigenvalue weighted by Crippen LogP contribution is -2.55. The van der Waals surface area contributed by atoms with Gasteiger partial charge in [0.05, 0.1) is 40.3 Å². The minimum absolute atomic E-state index is 0.0161. The van der Waals surface area contributed by atoms with Gasteiger partial charge in [0.15, 0.2) is 6.10 Å². The van der Waals surface area contributed by atoms with E-state index in [0.717, 1.165) is 83.5 Å². The van der Waals surface area contributed by atoms with E-state index in [2.05, 4.69) is 123 Å². The molecule has 0 aliphatic rings. The van der Waals surface area contributed by atoms with Crippen molar-refractivity contribution in [1.29, 1.82) is 0 Å². The zero-order valence-electron chi connectivity index (χ0n) is 43.3. The van der Waals surface area contributed by atoms with Crippen molar-refractivity contribution in [3.8, 4) is 0 Å². The van der Waals surface area contributed by atoms with Gasteiger partial charge in [-0.05, 0) is 89.9 Å². The Morgan fingerprint density at radius 3 is 1.21 bits per heavy atom. The first kappa shape index (κ1) is 63.0. The van der Waals surface area contributed by atoms with Crippen molar-refractivity contribution in [2.24, 2.45) is 0 Å². The van der Waals surface area contributed by atoms with Crippen molar-refractivity contribution < 1.29 is 38.2 Å². The Balaban J connectivity index is 4.32. The van der Waals surface area contributed by atoms with E-state index in [1.165, 1.54) is 70.6 Å². The summed E-state index contributed by atoms with van der Waals surface area (Å²) < 4.78 is 17.2. The average molecular weight is 932 g/mol. The van der Waals surface area contributed by atoms with E-state index in [9.17, 15) is 19.5 Å². The molecular formula is C59H97NO7. The largest absolute Gasteiger partial charge is 0.544 e. The number of hydrogen-bond donors (Lipinski definition) is 0. The number of ether oxygens (including phenoxy) is 3. The standard InChI is InChI=1S/C59H97NO7/c1-6-8-10-12-14-16-18-20-22-24-26-28-29-30-32-34-36-38-40-42-44-46-48-50-58(62)67-55(53-65-52-51-56(59(63)64)60(3,4)5)54-66-57(61)49-47-45-43-41-39-37-35-33-31-27-25-23-21-19-17-15-13-11-9-7-2/h8-11,14-17,20-23,27,31,35,37,41,43,55-56H,6-7,12-13,18-19,24-26,28-30,32-34,36,38-40,42,44-54H2,1-5H3/b10-8+,11-9+,16-14+,17-15+,22-20+,23-21+,31-27+,37-35+,43-41+. The molecule has 0 N–H and O–H groups in total. The third kappa shape index (κ3) is 46.9.